The predicted octanol–water partition coefficient (Wildman–Crippen LogP) is 3.19. The van der Waals surface area contributed by atoms with Crippen LogP contribution in [0.15, 0.2) is 36.0 Å². The first-order chi connectivity index (χ1) is 6.27. The van der Waals surface area contributed by atoms with Gasteiger partial charge in [0.15, 0.2) is 0 Å². The Kier molecular flexibility index (Phi) is 6.25. The van der Waals surface area contributed by atoms with Crippen LogP contribution in [0.3, 0.4) is 0 Å². The molecule has 0 fully saturated rings. The smallest absolute Gasteiger partial charge is 0.0120 e. The first kappa shape index (κ1) is 12.2. The lowest BCUT2D eigenvalue weighted by molar-refractivity contribution is 0.719. The highest BCUT2D eigenvalue weighted by atomic mass is 14.6. The Hall–Kier alpha value is -0.820. The maximum atomic E-state index is 5.80. The summed E-state index contributed by atoms with van der Waals surface area (Å²) in [7, 11) is 0. The first-order valence-corrected chi connectivity index (χ1v) is 5.00. The Bertz CT molecular complexity index is 211. The fourth-order valence-electron chi connectivity index (χ4n) is 1.49. The highest BCUT2D eigenvalue weighted by molar-refractivity contribution is 5.37. The van der Waals surface area contributed by atoms with Crippen LogP contribution in [0.5, 0.6) is 0 Å². The second-order valence-corrected chi connectivity index (χ2v) is 2.92. The van der Waals surface area contributed by atoms with Crippen molar-refractivity contribution in [2.24, 2.45) is 5.73 Å². The SMILES string of the molecule is C=CC1=C(/C=C\C)CC(N)C1.CC. The quantitative estimate of drug-likeness (QED) is 0.692. The summed E-state index contributed by atoms with van der Waals surface area (Å²) >= 11 is 0. The van der Waals surface area contributed by atoms with Crippen molar-refractivity contribution in [2.75, 3.05) is 0 Å². The van der Waals surface area contributed by atoms with Crippen LogP contribution in [0.2, 0.25) is 0 Å². The maximum Gasteiger partial charge on any atom is 0.0120 e. The molecule has 1 aliphatic carbocycles. The van der Waals surface area contributed by atoms with E-state index in [9.17, 15) is 0 Å². The third-order valence-corrected chi connectivity index (χ3v) is 1.99. The molecule has 0 saturated carbocycles. The van der Waals surface area contributed by atoms with Crippen LogP contribution in [0, 0.1) is 0 Å². The van der Waals surface area contributed by atoms with Crippen LogP contribution in [0.25, 0.3) is 0 Å². The maximum absolute atomic E-state index is 5.80. The summed E-state index contributed by atoms with van der Waals surface area (Å²) in [5, 5.41) is 0. The summed E-state index contributed by atoms with van der Waals surface area (Å²) in [4.78, 5) is 0. The van der Waals surface area contributed by atoms with Crippen LogP contribution in [0.4, 0.5) is 0 Å². The zero-order valence-electron chi connectivity index (χ0n) is 9.01. The Morgan fingerprint density at radius 1 is 1.31 bits per heavy atom. The molecule has 1 heteroatoms. The molecule has 0 heterocycles. The van der Waals surface area contributed by atoms with Crippen molar-refractivity contribution in [3.8, 4) is 0 Å². The summed E-state index contributed by atoms with van der Waals surface area (Å²) < 4.78 is 0. The van der Waals surface area contributed by atoms with Crippen LogP contribution in [-0.2, 0) is 0 Å². The minimum Gasteiger partial charge on any atom is -0.327 e. The zero-order valence-corrected chi connectivity index (χ0v) is 9.01. The standard InChI is InChI=1S/C10H15N.C2H6/c1-3-5-9-7-10(11)6-8(9)4-2;1-2/h3-5,10H,2,6-7,11H2,1H3;1-2H3/b5-3-;. The molecule has 0 bridgehead atoms. The molecule has 74 valence electrons. The number of rotatable bonds is 2. The van der Waals surface area contributed by atoms with E-state index >= 15 is 0 Å². The molecule has 1 atom stereocenters. The van der Waals surface area contributed by atoms with Gasteiger partial charge in [0, 0.05) is 6.04 Å². The average molecular weight is 179 g/mol. The van der Waals surface area contributed by atoms with Crippen molar-refractivity contribution in [1.29, 1.82) is 0 Å². The van der Waals surface area contributed by atoms with Crippen molar-refractivity contribution < 1.29 is 0 Å². The van der Waals surface area contributed by atoms with E-state index in [2.05, 4.69) is 18.7 Å². The van der Waals surface area contributed by atoms with Crippen molar-refractivity contribution in [1.82, 2.24) is 0 Å². The molecule has 1 rings (SSSR count). The van der Waals surface area contributed by atoms with Gasteiger partial charge in [0.25, 0.3) is 0 Å². The third kappa shape index (κ3) is 3.60. The molecular weight excluding hydrogens is 158 g/mol. The fourth-order valence-corrected chi connectivity index (χ4v) is 1.49. The second-order valence-electron chi connectivity index (χ2n) is 2.92. The molecule has 0 saturated heterocycles. The fraction of sp³-hybridized carbons (Fsp3) is 0.500. The number of allylic oxidation sites excluding steroid dienone is 3. The highest BCUT2D eigenvalue weighted by Crippen LogP contribution is 2.26. The molecule has 1 nitrogen and oxygen atoms in total. The van der Waals surface area contributed by atoms with Crippen molar-refractivity contribution in [3.63, 3.8) is 0 Å². The largest absolute Gasteiger partial charge is 0.327 e. The molecule has 0 amide bonds. The van der Waals surface area contributed by atoms with E-state index in [1.54, 1.807) is 0 Å². The summed E-state index contributed by atoms with van der Waals surface area (Å²) in [6.07, 6.45) is 8.10. The monoisotopic (exact) mass is 179 g/mol. The molecule has 0 aromatic rings. The first-order valence-electron chi connectivity index (χ1n) is 5.00. The molecule has 0 radical (unpaired) electrons. The summed E-state index contributed by atoms with van der Waals surface area (Å²) in [6.45, 7) is 9.79. The molecule has 1 aliphatic rings. The summed E-state index contributed by atoms with van der Waals surface area (Å²) in [5.74, 6) is 0. The van der Waals surface area contributed by atoms with Gasteiger partial charge in [-0.25, -0.2) is 0 Å². The van der Waals surface area contributed by atoms with Gasteiger partial charge < -0.3 is 5.73 Å². The van der Waals surface area contributed by atoms with E-state index in [-0.39, 0.29) is 0 Å². The zero-order chi connectivity index (χ0) is 10.3. The Balaban J connectivity index is 0.000000671. The minimum absolute atomic E-state index is 0.314. The van der Waals surface area contributed by atoms with Gasteiger partial charge in [-0.3, -0.25) is 0 Å². The van der Waals surface area contributed by atoms with Gasteiger partial charge in [-0.15, -0.1) is 0 Å². The second kappa shape index (κ2) is 6.67. The normalized spacial score (nSPS) is 21.7. The topological polar surface area (TPSA) is 26.0 Å². The van der Waals surface area contributed by atoms with Crippen molar-refractivity contribution >= 4 is 0 Å². The van der Waals surface area contributed by atoms with Gasteiger partial charge in [0.2, 0.25) is 0 Å². The molecule has 1 unspecified atom stereocenters. The average Bonchev–Trinajstić information content (AvgIpc) is 2.50. The van der Waals surface area contributed by atoms with Crippen LogP contribution in [0.1, 0.15) is 33.6 Å². The van der Waals surface area contributed by atoms with E-state index in [0.29, 0.717) is 6.04 Å². The number of hydrogen-bond donors (Lipinski definition) is 1. The number of nitrogens with two attached hydrogens (primary N) is 1. The minimum atomic E-state index is 0.314. The van der Waals surface area contributed by atoms with E-state index < -0.39 is 0 Å². The van der Waals surface area contributed by atoms with Gasteiger partial charge >= 0.3 is 0 Å². The van der Waals surface area contributed by atoms with Gasteiger partial charge in [0.05, 0.1) is 0 Å². The number of hydrogen-bond acceptors (Lipinski definition) is 1. The molecular formula is C12H21N. The van der Waals surface area contributed by atoms with Gasteiger partial charge in [-0.2, -0.15) is 0 Å². The van der Waals surface area contributed by atoms with E-state index in [4.69, 9.17) is 5.73 Å². The van der Waals surface area contributed by atoms with Crippen molar-refractivity contribution in [3.05, 3.63) is 36.0 Å². The van der Waals surface area contributed by atoms with E-state index in [1.165, 1.54) is 11.1 Å². The van der Waals surface area contributed by atoms with Crippen LogP contribution < -0.4 is 5.73 Å². The summed E-state index contributed by atoms with van der Waals surface area (Å²) in [5.41, 5.74) is 8.47. The Labute approximate surface area is 82.0 Å². The molecule has 2 N–H and O–H groups in total. The molecule has 0 aliphatic heterocycles. The molecule has 13 heavy (non-hydrogen) atoms. The van der Waals surface area contributed by atoms with Crippen LogP contribution >= 0.6 is 0 Å². The van der Waals surface area contributed by atoms with E-state index in [0.717, 1.165) is 12.8 Å². The lowest BCUT2D eigenvalue weighted by atomic mass is 10.1. The lowest BCUT2D eigenvalue weighted by Crippen LogP contribution is -2.15. The van der Waals surface area contributed by atoms with Crippen LogP contribution in [-0.4, -0.2) is 6.04 Å². The lowest BCUT2D eigenvalue weighted by Gasteiger charge is -1.97. The summed E-state index contributed by atoms with van der Waals surface area (Å²) in [6, 6.07) is 0.314. The predicted molar refractivity (Wildman–Crippen MR) is 60.6 cm³/mol. The van der Waals surface area contributed by atoms with Crippen molar-refractivity contribution in [2.45, 2.75) is 39.7 Å². The Morgan fingerprint density at radius 2 is 1.85 bits per heavy atom. The Morgan fingerprint density at radius 3 is 2.31 bits per heavy atom. The molecule has 0 spiro atoms. The third-order valence-electron chi connectivity index (χ3n) is 1.99. The van der Waals surface area contributed by atoms with Gasteiger partial charge in [0.1, 0.15) is 0 Å². The van der Waals surface area contributed by atoms with E-state index in [1.807, 2.05) is 26.8 Å². The molecule has 0 aromatic carbocycles. The highest BCUT2D eigenvalue weighted by Gasteiger charge is 2.16. The van der Waals surface area contributed by atoms with Gasteiger partial charge in [-0.05, 0) is 30.9 Å². The van der Waals surface area contributed by atoms with Gasteiger partial charge in [-0.1, -0.05) is 38.7 Å². The molecule has 0 aromatic heterocycles.